The minimum absolute atomic E-state index is 0.747. The Balaban J connectivity index is 3.31. The zero-order chi connectivity index (χ0) is 7.11. The second kappa shape index (κ2) is 6.08. The van der Waals surface area contributed by atoms with E-state index in [0.717, 1.165) is 13.1 Å². The molecule has 0 bridgehead atoms. The molecule has 0 fully saturated rings. The first kappa shape index (κ1) is 8.95. The van der Waals surface area contributed by atoms with Gasteiger partial charge < -0.3 is 4.84 Å². The molecule has 0 aromatic heterocycles. The molecule has 0 aliphatic rings. The lowest BCUT2D eigenvalue weighted by atomic mass is 10.6. The maximum atomic E-state index is 5.30. The molecule has 0 aromatic carbocycles. The maximum absolute atomic E-state index is 5.30. The van der Waals surface area contributed by atoms with Crippen molar-refractivity contribution in [3.63, 3.8) is 0 Å². The van der Waals surface area contributed by atoms with E-state index in [1.165, 1.54) is 5.54 Å². The number of likely N-dealkylation sites (N-methyl/N-ethyl adjacent to an activating group) is 1. The molecule has 0 heterocycles. The summed E-state index contributed by atoms with van der Waals surface area (Å²) in [7, 11) is 1.64. The summed E-state index contributed by atoms with van der Waals surface area (Å²) in [6.07, 6.45) is 1.83. The van der Waals surface area contributed by atoms with E-state index in [-0.39, 0.29) is 0 Å². The van der Waals surface area contributed by atoms with Crippen LogP contribution >= 0.6 is 11.6 Å². The van der Waals surface area contributed by atoms with Gasteiger partial charge in [-0.15, -0.1) is 0 Å². The molecule has 0 aliphatic carbocycles. The van der Waals surface area contributed by atoms with Gasteiger partial charge in [-0.3, -0.25) is 0 Å². The summed E-state index contributed by atoms with van der Waals surface area (Å²) >= 11 is 5.30. The summed E-state index contributed by atoms with van der Waals surface area (Å²) < 4.78 is 0. The van der Waals surface area contributed by atoms with Gasteiger partial charge in [0.1, 0.15) is 0 Å². The Hall–Kier alpha value is -0.0500. The summed E-state index contributed by atoms with van der Waals surface area (Å²) in [5.74, 6) is 0. The summed E-state index contributed by atoms with van der Waals surface area (Å²) in [5.41, 5.74) is 1.49. The van der Waals surface area contributed by atoms with E-state index in [9.17, 15) is 0 Å². The van der Waals surface area contributed by atoms with E-state index in [0.29, 0.717) is 0 Å². The third-order valence-electron chi connectivity index (χ3n) is 1.01. The molecule has 0 rings (SSSR count). The van der Waals surface area contributed by atoms with Gasteiger partial charge in [-0.2, -0.15) is 5.06 Å². The predicted octanol–water partition coefficient (Wildman–Crippen LogP) is 1.62. The van der Waals surface area contributed by atoms with Crippen LogP contribution < -0.4 is 0 Å². The van der Waals surface area contributed by atoms with Gasteiger partial charge in [0.2, 0.25) is 0 Å². The van der Waals surface area contributed by atoms with Crippen LogP contribution in [0.1, 0.15) is 6.92 Å². The molecule has 0 radical (unpaired) electrons. The van der Waals surface area contributed by atoms with Crippen molar-refractivity contribution in [2.75, 3.05) is 20.2 Å². The first-order chi connectivity index (χ1) is 4.35. The molecule has 9 heavy (non-hydrogen) atoms. The smallest absolute Gasteiger partial charge is 0.0575 e. The van der Waals surface area contributed by atoms with Crippen molar-refractivity contribution < 1.29 is 4.84 Å². The molecule has 0 saturated heterocycles. The highest BCUT2D eigenvalue weighted by atomic mass is 35.5. The fraction of sp³-hybridized carbons (Fsp3) is 0.667. The van der Waals surface area contributed by atoms with Crippen LogP contribution in [0, 0.1) is 0 Å². The van der Waals surface area contributed by atoms with Crippen molar-refractivity contribution >= 4 is 11.6 Å². The minimum atomic E-state index is 0.747. The SMILES string of the molecule is CCN(CC=CCl)OC. The third-order valence-corrected chi connectivity index (χ3v) is 1.19. The minimum Gasteiger partial charge on any atom is -0.302 e. The van der Waals surface area contributed by atoms with Gasteiger partial charge in [-0.25, -0.2) is 0 Å². The molecule has 0 spiro atoms. The van der Waals surface area contributed by atoms with Gasteiger partial charge in [-0.05, 0) is 0 Å². The molecule has 2 nitrogen and oxygen atoms in total. The van der Waals surface area contributed by atoms with Crippen molar-refractivity contribution in [1.82, 2.24) is 5.06 Å². The third kappa shape index (κ3) is 4.45. The monoisotopic (exact) mass is 149 g/mol. The van der Waals surface area contributed by atoms with Crippen molar-refractivity contribution in [3.05, 3.63) is 11.6 Å². The van der Waals surface area contributed by atoms with Crippen molar-refractivity contribution in [3.8, 4) is 0 Å². The van der Waals surface area contributed by atoms with Crippen molar-refractivity contribution in [2.24, 2.45) is 0 Å². The van der Waals surface area contributed by atoms with Gasteiger partial charge in [0, 0.05) is 18.6 Å². The lowest BCUT2D eigenvalue weighted by Crippen LogP contribution is -2.21. The van der Waals surface area contributed by atoms with Crippen LogP contribution in [0.4, 0.5) is 0 Å². The number of hydrogen-bond donors (Lipinski definition) is 0. The van der Waals surface area contributed by atoms with Crippen LogP contribution in [-0.4, -0.2) is 25.3 Å². The van der Waals surface area contributed by atoms with Crippen molar-refractivity contribution in [1.29, 1.82) is 0 Å². The molecule has 3 heteroatoms. The van der Waals surface area contributed by atoms with Gasteiger partial charge in [0.25, 0.3) is 0 Å². The molecule has 54 valence electrons. The van der Waals surface area contributed by atoms with Crippen LogP contribution in [0.5, 0.6) is 0 Å². The Morgan fingerprint density at radius 1 is 1.67 bits per heavy atom. The Morgan fingerprint density at radius 2 is 2.33 bits per heavy atom. The summed E-state index contributed by atoms with van der Waals surface area (Å²) in [4.78, 5) is 4.92. The first-order valence-corrected chi connectivity index (χ1v) is 3.33. The van der Waals surface area contributed by atoms with Gasteiger partial charge in [-0.1, -0.05) is 24.6 Å². The average Bonchev–Trinajstić information content (AvgIpc) is 1.91. The fourth-order valence-corrected chi connectivity index (χ4v) is 0.570. The standard InChI is InChI=1S/C6H12ClNO/c1-3-8(9-2)6-4-5-7/h4-5H,3,6H2,1-2H3. The summed E-state index contributed by atoms with van der Waals surface area (Å²) in [6, 6.07) is 0. The Bertz CT molecular complexity index is 81.1. The lowest BCUT2D eigenvalue weighted by Gasteiger charge is -2.13. The van der Waals surface area contributed by atoms with Gasteiger partial charge in [0.05, 0.1) is 7.11 Å². The van der Waals surface area contributed by atoms with Crippen LogP contribution in [0.25, 0.3) is 0 Å². The fourth-order valence-electron chi connectivity index (χ4n) is 0.490. The highest BCUT2D eigenvalue weighted by molar-refractivity contribution is 6.25. The number of hydrogen-bond acceptors (Lipinski definition) is 2. The molecule has 0 saturated carbocycles. The lowest BCUT2D eigenvalue weighted by molar-refractivity contribution is -0.118. The van der Waals surface area contributed by atoms with Gasteiger partial charge in [0.15, 0.2) is 0 Å². The average molecular weight is 150 g/mol. The maximum Gasteiger partial charge on any atom is 0.0575 e. The molecule has 0 amide bonds. The quantitative estimate of drug-likeness (QED) is 0.564. The van der Waals surface area contributed by atoms with Crippen LogP contribution in [0.15, 0.2) is 11.6 Å². The molecule has 0 atom stereocenters. The zero-order valence-electron chi connectivity index (χ0n) is 5.80. The number of hydroxylamine groups is 2. The van der Waals surface area contributed by atoms with E-state index < -0.39 is 0 Å². The summed E-state index contributed by atoms with van der Waals surface area (Å²) in [5, 5.41) is 1.79. The zero-order valence-corrected chi connectivity index (χ0v) is 6.56. The first-order valence-electron chi connectivity index (χ1n) is 2.89. The van der Waals surface area contributed by atoms with Gasteiger partial charge >= 0.3 is 0 Å². The highest BCUT2D eigenvalue weighted by Gasteiger charge is 1.92. The molecular weight excluding hydrogens is 138 g/mol. The Labute approximate surface area is 61.0 Å². The Morgan fingerprint density at radius 3 is 2.67 bits per heavy atom. The molecule has 0 aliphatic heterocycles. The van der Waals surface area contributed by atoms with Crippen LogP contribution in [-0.2, 0) is 4.84 Å². The van der Waals surface area contributed by atoms with Crippen LogP contribution in [0.2, 0.25) is 0 Å². The van der Waals surface area contributed by atoms with E-state index >= 15 is 0 Å². The second-order valence-electron chi connectivity index (χ2n) is 1.52. The van der Waals surface area contributed by atoms with E-state index in [1.807, 2.05) is 13.0 Å². The van der Waals surface area contributed by atoms with Crippen molar-refractivity contribution in [2.45, 2.75) is 6.92 Å². The molecule has 0 aromatic rings. The topological polar surface area (TPSA) is 12.5 Å². The van der Waals surface area contributed by atoms with E-state index in [1.54, 1.807) is 12.2 Å². The van der Waals surface area contributed by atoms with E-state index in [2.05, 4.69) is 0 Å². The number of rotatable bonds is 4. The van der Waals surface area contributed by atoms with Crippen LogP contribution in [0.3, 0.4) is 0 Å². The summed E-state index contributed by atoms with van der Waals surface area (Å²) in [6.45, 7) is 3.64. The highest BCUT2D eigenvalue weighted by Crippen LogP contribution is 1.88. The Kier molecular flexibility index (Phi) is 6.04. The number of halogens is 1. The largest absolute Gasteiger partial charge is 0.302 e. The molecular formula is C6H12ClNO. The number of nitrogens with zero attached hydrogens (tertiary/aromatic N) is 1. The molecule has 0 unspecified atom stereocenters. The normalized spacial score (nSPS) is 11.6. The molecule has 0 N–H and O–H groups in total. The second-order valence-corrected chi connectivity index (χ2v) is 1.78. The predicted molar refractivity (Wildman–Crippen MR) is 39.2 cm³/mol. The van der Waals surface area contributed by atoms with E-state index in [4.69, 9.17) is 16.4 Å².